The van der Waals surface area contributed by atoms with Gasteiger partial charge < -0.3 is 19.4 Å². The third-order valence-corrected chi connectivity index (χ3v) is 6.61. The molecular formula is C19H23N3O5S2. The molecule has 10 heteroatoms. The molecule has 2 heterocycles. The number of ether oxygens (including phenoxy) is 1. The van der Waals surface area contributed by atoms with Crippen LogP contribution in [-0.2, 0) is 14.8 Å². The lowest BCUT2D eigenvalue weighted by atomic mass is 10.2. The SMILES string of the molecule is CCOC(=O)c1ccc(S(=O)(=O)N2CCN(C(=S)Nc3ccc(C)cc3)CC2)o1. The molecule has 1 aromatic heterocycles. The van der Waals surface area contributed by atoms with E-state index in [2.05, 4.69) is 5.32 Å². The Morgan fingerprint density at radius 3 is 2.41 bits per heavy atom. The molecule has 0 atom stereocenters. The molecule has 1 fully saturated rings. The van der Waals surface area contributed by atoms with E-state index >= 15 is 0 Å². The van der Waals surface area contributed by atoms with Gasteiger partial charge in [-0.3, -0.25) is 0 Å². The summed E-state index contributed by atoms with van der Waals surface area (Å²) < 4.78 is 37.0. The first-order valence-electron chi connectivity index (χ1n) is 9.21. The van der Waals surface area contributed by atoms with Gasteiger partial charge in [-0.1, -0.05) is 17.7 Å². The van der Waals surface area contributed by atoms with Gasteiger partial charge in [0, 0.05) is 31.9 Å². The van der Waals surface area contributed by atoms with E-state index in [1.54, 1.807) is 6.92 Å². The molecule has 0 bridgehead atoms. The molecule has 2 aromatic rings. The standard InChI is InChI=1S/C19H23N3O5S2/c1-3-26-18(23)16-8-9-17(27-16)29(24,25)22-12-10-21(11-13-22)19(28)20-15-6-4-14(2)5-7-15/h4-9H,3,10-13H2,1-2H3,(H,20,28). The molecule has 1 aromatic carbocycles. The Morgan fingerprint density at radius 1 is 1.14 bits per heavy atom. The van der Waals surface area contributed by atoms with Crippen LogP contribution in [0.5, 0.6) is 0 Å². The van der Waals surface area contributed by atoms with Crippen molar-refractivity contribution in [3.05, 3.63) is 47.7 Å². The fourth-order valence-electron chi connectivity index (χ4n) is 2.87. The highest BCUT2D eigenvalue weighted by molar-refractivity contribution is 7.89. The molecule has 1 aliphatic heterocycles. The topological polar surface area (TPSA) is 92.1 Å². The normalized spacial score (nSPS) is 15.2. The van der Waals surface area contributed by atoms with Gasteiger partial charge in [-0.15, -0.1) is 0 Å². The molecule has 156 valence electrons. The van der Waals surface area contributed by atoms with Crippen LogP contribution in [0.25, 0.3) is 0 Å². The van der Waals surface area contributed by atoms with Gasteiger partial charge in [0.2, 0.25) is 10.9 Å². The van der Waals surface area contributed by atoms with Crippen LogP contribution in [0.3, 0.4) is 0 Å². The van der Waals surface area contributed by atoms with Crippen LogP contribution in [0.15, 0.2) is 45.9 Å². The van der Waals surface area contributed by atoms with E-state index < -0.39 is 16.0 Å². The molecule has 3 rings (SSSR count). The number of rotatable bonds is 5. The summed E-state index contributed by atoms with van der Waals surface area (Å²) >= 11 is 5.45. The quantitative estimate of drug-likeness (QED) is 0.563. The zero-order valence-corrected chi connectivity index (χ0v) is 17.9. The van der Waals surface area contributed by atoms with Crippen LogP contribution in [0.4, 0.5) is 5.69 Å². The molecular weight excluding hydrogens is 414 g/mol. The largest absolute Gasteiger partial charge is 0.460 e. The minimum Gasteiger partial charge on any atom is -0.460 e. The Kier molecular flexibility index (Phi) is 6.56. The number of esters is 1. The van der Waals surface area contributed by atoms with Gasteiger partial charge >= 0.3 is 5.97 Å². The summed E-state index contributed by atoms with van der Waals surface area (Å²) in [5.74, 6) is -0.821. The summed E-state index contributed by atoms with van der Waals surface area (Å²) in [7, 11) is -3.83. The second-order valence-corrected chi connectivity index (χ2v) is 8.78. The van der Waals surface area contributed by atoms with Crippen LogP contribution in [0.1, 0.15) is 23.0 Å². The number of thiocarbonyl (C=S) groups is 1. The van der Waals surface area contributed by atoms with E-state index in [0.717, 1.165) is 11.3 Å². The van der Waals surface area contributed by atoms with Crippen molar-refractivity contribution in [2.45, 2.75) is 18.9 Å². The molecule has 0 aliphatic carbocycles. The number of anilines is 1. The molecule has 0 amide bonds. The average Bonchev–Trinajstić information content (AvgIpc) is 3.21. The van der Waals surface area contributed by atoms with Crippen molar-refractivity contribution >= 4 is 39.0 Å². The maximum atomic E-state index is 12.8. The van der Waals surface area contributed by atoms with E-state index in [1.165, 1.54) is 16.4 Å². The van der Waals surface area contributed by atoms with E-state index in [4.69, 9.17) is 21.4 Å². The number of piperazine rings is 1. The number of furan rings is 1. The van der Waals surface area contributed by atoms with Crippen molar-refractivity contribution < 1.29 is 22.4 Å². The van der Waals surface area contributed by atoms with Crippen LogP contribution in [0, 0.1) is 6.92 Å². The zero-order valence-electron chi connectivity index (χ0n) is 16.3. The number of carbonyl (C=O) groups excluding carboxylic acids is 1. The minimum atomic E-state index is -3.83. The lowest BCUT2D eigenvalue weighted by Gasteiger charge is -2.35. The number of carbonyl (C=O) groups is 1. The summed E-state index contributed by atoms with van der Waals surface area (Å²) in [6.45, 7) is 5.26. The van der Waals surface area contributed by atoms with Gasteiger partial charge in [-0.2, -0.15) is 4.31 Å². The van der Waals surface area contributed by atoms with Crippen molar-refractivity contribution in [1.82, 2.24) is 9.21 Å². The van der Waals surface area contributed by atoms with E-state index in [1.807, 2.05) is 36.1 Å². The molecule has 0 unspecified atom stereocenters. The van der Waals surface area contributed by atoms with Gasteiger partial charge in [-0.25, -0.2) is 13.2 Å². The number of hydrogen-bond acceptors (Lipinski definition) is 6. The molecule has 8 nitrogen and oxygen atoms in total. The summed E-state index contributed by atoms with van der Waals surface area (Å²) in [5.41, 5.74) is 2.04. The zero-order chi connectivity index (χ0) is 21.0. The predicted octanol–water partition coefficient (Wildman–Crippen LogP) is 2.47. The van der Waals surface area contributed by atoms with Crippen molar-refractivity contribution in [3.8, 4) is 0 Å². The van der Waals surface area contributed by atoms with Crippen LogP contribution in [-0.4, -0.2) is 61.5 Å². The maximum Gasteiger partial charge on any atom is 0.374 e. The molecule has 1 aliphatic rings. The fraction of sp³-hybridized carbons (Fsp3) is 0.368. The van der Waals surface area contributed by atoms with Crippen molar-refractivity contribution in [2.75, 3.05) is 38.1 Å². The van der Waals surface area contributed by atoms with Gasteiger partial charge in [0.05, 0.1) is 6.61 Å². The molecule has 1 N–H and O–H groups in total. The summed E-state index contributed by atoms with van der Waals surface area (Å²) in [6, 6.07) is 10.5. The van der Waals surface area contributed by atoms with Gasteiger partial charge in [0.15, 0.2) is 5.11 Å². The Labute approximate surface area is 175 Å². The number of benzene rings is 1. The molecule has 29 heavy (non-hydrogen) atoms. The first-order valence-corrected chi connectivity index (χ1v) is 11.1. The molecule has 0 saturated carbocycles. The van der Waals surface area contributed by atoms with Gasteiger partial charge in [-0.05, 0) is 50.3 Å². The second kappa shape index (κ2) is 8.93. The molecule has 0 spiro atoms. The second-order valence-electron chi connectivity index (χ2n) is 6.53. The highest BCUT2D eigenvalue weighted by atomic mass is 32.2. The fourth-order valence-corrected chi connectivity index (χ4v) is 4.50. The lowest BCUT2D eigenvalue weighted by Crippen LogP contribution is -2.51. The highest BCUT2D eigenvalue weighted by Crippen LogP contribution is 2.21. The lowest BCUT2D eigenvalue weighted by molar-refractivity contribution is 0.0483. The summed E-state index contributed by atoms with van der Waals surface area (Å²) in [6.07, 6.45) is 0. The Morgan fingerprint density at radius 2 is 1.79 bits per heavy atom. The summed E-state index contributed by atoms with van der Waals surface area (Å²) in [5, 5.41) is 3.45. The maximum absolute atomic E-state index is 12.8. The van der Waals surface area contributed by atoms with E-state index in [-0.39, 0.29) is 30.5 Å². The number of hydrogen-bond donors (Lipinski definition) is 1. The van der Waals surface area contributed by atoms with Crippen LogP contribution in [0.2, 0.25) is 0 Å². The number of sulfonamides is 1. The Balaban J connectivity index is 1.60. The van der Waals surface area contributed by atoms with E-state index in [9.17, 15) is 13.2 Å². The Hall–Kier alpha value is -2.43. The van der Waals surface area contributed by atoms with Crippen LogP contribution >= 0.6 is 12.2 Å². The average molecular weight is 438 g/mol. The van der Waals surface area contributed by atoms with Crippen LogP contribution < -0.4 is 5.32 Å². The summed E-state index contributed by atoms with van der Waals surface area (Å²) in [4.78, 5) is 13.6. The third kappa shape index (κ3) is 4.95. The number of aryl methyl sites for hydroxylation is 1. The number of nitrogens with zero attached hydrogens (tertiary/aromatic N) is 2. The molecule has 1 saturated heterocycles. The third-order valence-electron chi connectivity index (χ3n) is 4.48. The number of nitrogens with one attached hydrogen (secondary N) is 1. The van der Waals surface area contributed by atoms with Crippen molar-refractivity contribution in [2.24, 2.45) is 0 Å². The predicted molar refractivity (Wildman–Crippen MR) is 112 cm³/mol. The van der Waals surface area contributed by atoms with E-state index in [0.29, 0.717) is 18.2 Å². The van der Waals surface area contributed by atoms with Gasteiger partial charge in [0.25, 0.3) is 10.0 Å². The Bertz CT molecular complexity index is 978. The van der Waals surface area contributed by atoms with Crippen molar-refractivity contribution in [1.29, 1.82) is 0 Å². The van der Waals surface area contributed by atoms with Gasteiger partial charge in [0.1, 0.15) is 0 Å². The monoisotopic (exact) mass is 437 g/mol. The first-order chi connectivity index (χ1) is 13.8. The molecule has 0 radical (unpaired) electrons. The minimum absolute atomic E-state index is 0.132. The first kappa shape index (κ1) is 21.3. The van der Waals surface area contributed by atoms with Crippen molar-refractivity contribution in [3.63, 3.8) is 0 Å². The highest BCUT2D eigenvalue weighted by Gasteiger charge is 2.32. The smallest absolute Gasteiger partial charge is 0.374 e.